The van der Waals surface area contributed by atoms with Crippen molar-refractivity contribution in [2.24, 2.45) is 5.73 Å². The number of Topliss-reactive ketones (excluding diaryl/α,β-unsaturated/α-hetero) is 1. The molecule has 0 radical (unpaired) electrons. The molecule has 1 aliphatic rings. The van der Waals surface area contributed by atoms with E-state index in [4.69, 9.17) is 10.5 Å². The van der Waals surface area contributed by atoms with Gasteiger partial charge in [-0.05, 0) is 34.8 Å². The molecule has 0 amide bonds. The van der Waals surface area contributed by atoms with Crippen LogP contribution in [0.25, 0.3) is 0 Å². The van der Waals surface area contributed by atoms with Crippen molar-refractivity contribution in [1.82, 2.24) is 0 Å². The monoisotopic (exact) mass is 303 g/mol. The van der Waals surface area contributed by atoms with E-state index < -0.39 is 0 Å². The predicted octanol–water partition coefficient (Wildman–Crippen LogP) is 2.13. The van der Waals surface area contributed by atoms with Crippen LogP contribution in [-0.2, 0) is 16.0 Å². The lowest BCUT2D eigenvalue weighted by atomic mass is 10.1. The summed E-state index contributed by atoms with van der Waals surface area (Å²) in [6.45, 7) is 0.508. The SMILES string of the molecule is NCC1CCC(C(=O)Cc2cc(Br)cs2)O1. The molecule has 16 heavy (non-hydrogen) atoms. The molecule has 2 atom stereocenters. The van der Waals surface area contributed by atoms with Crippen molar-refractivity contribution in [1.29, 1.82) is 0 Å². The molecule has 0 spiro atoms. The Labute approximate surface area is 107 Å². The van der Waals surface area contributed by atoms with E-state index in [1.165, 1.54) is 0 Å². The van der Waals surface area contributed by atoms with E-state index in [-0.39, 0.29) is 18.0 Å². The van der Waals surface area contributed by atoms with Gasteiger partial charge in [-0.2, -0.15) is 0 Å². The summed E-state index contributed by atoms with van der Waals surface area (Å²) in [5.74, 6) is 0.172. The molecule has 0 bridgehead atoms. The van der Waals surface area contributed by atoms with Crippen molar-refractivity contribution in [3.05, 3.63) is 20.8 Å². The number of carbonyl (C=O) groups excluding carboxylic acids is 1. The molecule has 88 valence electrons. The highest BCUT2D eigenvalue weighted by atomic mass is 79.9. The van der Waals surface area contributed by atoms with Gasteiger partial charge >= 0.3 is 0 Å². The Bertz CT molecular complexity index is 380. The molecule has 1 aliphatic heterocycles. The van der Waals surface area contributed by atoms with E-state index in [9.17, 15) is 4.79 Å². The van der Waals surface area contributed by atoms with Gasteiger partial charge in [0.15, 0.2) is 5.78 Å². The first-order chi connectivity index (χ1) is 7.69. The number of thiophene rings is 1. The van der Waals surface area contributed by atoms with Gasteiger partial charge in [0.2, 0.25) is 0 Å². The minimum atomic E-state index is -0.241. The Balaban J connectivity index is 1.89. The normalized spacial score (nSPS) is 24.9. The van der Waals surface area contributed by atoms with Gasteiger partial charge in [0.25, 0.3) is 0 Å². The zero-order valence-electron chi connectivity index (χ0n) is 8.82. The zero-order chi connectivity index (χ0) is 11.5. The summed E-state index contributed by atoms with van der Waals surface area (Å²) < 4.78 is 6.60. The van der Waals surface area contributed by atoms with Crippen molar-refractivity contribution in [3.8, 4) is 0 Å². The highest BCUT2D eigenvalue weighted by molar-refractivity contribution is 9.10. The standard InChI is InChI=1S/C11H14BrNO2S/c12-7-3-9(16-6-7)4-10(14)11-2-1-8(5-13)15-11/h3,6,8,11H,1-2,4-5,13H2. The molecule has 2 rings (SSSR count). The molecule has 1 fully saturated rings. The Hall–Kier alpha value is -0.230. The van der Waals surface area contributed by atoms with Gasteiger partial charge in [0, 0.05) is 27.7 Å². The first-order valence-corrected chi connectivity index (χ1v) is 6.97. The van der Waals surface area contributed by atoms with Gasteiger partial charge in [-0.1, -0.05) is 0 Å². The van der Waals surface area contributed by atoms with Crippen LogP contribution in [0, 0.1) is 0 Å². The number of rotatable bonds is 4. The molecule has 2 heterocycles. The molecule has 0 saturated carbocycles. The number of hydrogen-bond acceptors (Lipinski definition) is 4. The second kappa shape index (κ2) is 5.40. The van der Waals surface area contributed by atoms with Gasteiger partial charge in [-0.15, -0.1) is 11.3 Å². The summed E-state index contributed by atoms with van der Waals surface area (Å²) in [4.78, 5) is 13.0. The van der Waals surface area contributed by atoms with E-state index in [1.54, 1.807) is 11.3 Å². The second-order valence-corrected chi connectivity index (χ2v) is 5.85. The van der Waals surface area contributed by atoms with Crippen LogP contribution in [0.15, 0.2) is 15.9 Å². The third-order valence-electron chi connectivity index (χ3n) is 2.70. The lowest BCUT2D eigenvalue weighted by Crippen LogP contribution is -2.26. The molecule has 2 N–H and O–H groups in total. The third kappa shape index (κ3) is 2.91. The van der Waals surface area contributed by atoms with Crippen molar-refractivity contribution < 1.29 is 9.53 Å². The van der Waals surface area contributed by atoms with Gasteiger partial charge in [-0.3, -0.25) is 4.79 Å². The number of halogens is 1. The number of hydrogen-bond donors (Lipinski definition) is 1. The van der Waals surface area contributed by atoms with Crippen LogP contribution in [0.3, 0.4) is 0 Å². The van der Waals surface area contributed by atoms with Crippen LogP contribution in [-0.4, -0.2) is 24.5 Å². The summed E-state index contributed by atoms with van der Waals surface area (Å²) in [6.07, 6.45) is 2.02. The maximum atomic E-state index is 11.9. The Morgan fingerprint density at radius 1 is 1.62 bits per heavy atom. The largest absolute Gasteiger partial charge is 0.366 e. The molecular weight excluding hydrogens is 290 g/mol. The lowest BCUT2D eigenvalue weighted by Gasteiger charge is -2.10. The highest BCUT2D eigenvalue weighted by Crippen LogP contribution is 2.24. The van der Waals surface area contributed by atoms with E-state index in [0.29, 0.717) is 13.0 Å². The van der Waals surface area contributed by atoms with Crippen molar-refractivity contribution in [2.75, 3.05) is 6.54 Å². The summed E-state index contributed by atoms with van der Waals surface area (Å²) in [7, 11) is 0. The van der Waals surface area contributed by atoms with Crippen LogP contribution < -0.4 is 5.73 Å². The zero-order valence-corrected chi connectivity index (χ0v) is 11.2. The Kier molecular flexibility index (Phi) is 4.13. The van der Waals surface area contributed by atoms with Crippen molar-refractivity contribution >= 4 is 33.0 Å². The fourth-order valence-corrected chi connectivity index (χ4v) is 3.31. The summed E-state index contributed by atoms with van der Waals surface area (Å²) >= 11 is 4.97. The van der Waals surface area contributed by atoms with Crippen LogP contribution in [0.4, 0.5) is 0 Å². The minimum Gasteiger partial charge on any atom is -0.366 e. The lowest BCUT2D eigenvalue weighted by molar-refractivity contribution is -0.128. The smallest absolute Gasteiger partial charge is 0.166 e. The molecule has 1 aromatic heterocycles. The molecule has 5 heteroatoms. The first-order valence-electron chi connectivity index (χ1n) is 5.30. The van der Waals surface area contributed by atoms with Crippen LogP contribution in [0.5, 0.6) is 0 Å². The van der Waals surface area contributed by atoms with Crippen LogP contribution in [0.1, 0.15) is 17.7 Å². The fourth-order valence-electron chi connectivity index (χ4n) is 1.85. The molecular formula is C11H14BrNO2S. The van der Waals surface area contributed by atoms with Gasteiger partial charge in [0.05, 0.1) is 6.10 Å². The average Bonchev–Trinajstić information content (AvgIpc) is 2.87. The summed E-state index contributed by atoms with van der Waals surface area (Å²) in [5, 5.41) is 1.99. The summed E-state index contributed by atoms with van der Waals surface area (Å²) in [6, 6.07) is 1.98. The van der Waals surface area contributed by atoms with E-state index >= 15 is 0 Å². The van der Waals surface area contributed by atoms with E-state index in [2.05, 4.69) is 15.9 Å². The second-order valence-electron chi connectivity index (χ2n) is 3.93. The fraction of sp³-hybridized carbons (Fsp3) is 0.545. The number of nitrogens with two attached hydrogens (primary N) is 1. The van der Waals surface area contributed by atoms with Gasteiger partial charge < -0.3 is 10.5 Å². The summed E-state index contributed by atoms with van der Waals surface area (Å²) in [5.41, 5.74) is 5.51. The maximum absolute atomic E-state index is 11.9. The molecule has 2 unspecified atom stereocenters. The van der Waals surface area contributed by atoms with Crippen molar-refractivity contribution in [2.45, 2.75) is 31.5 Å². The van der Waals surface area contributed by atoms with Crippen LogP contribution >= 0.6 is 27.3 Å². The predicted molar refractivity (Wildman–Crippen MR) is 67.7 cm³/mol. The third-order valence-corrected chi connectivity index (χ3v) is 4.40. The minimum absolute atomic E-state index is 0.0732. The first kappa shape index (κ1) is 12.2. The van der Waals surface area contributed by atoms with Crippen molar-refractivity contribution in [3.63, 3.8) is 0 Å². The average molecular weight is 304 g/mol. The Morgan fingerprint density at radius 3 is 3.00 bits per heavy atom. The number of carbonyl (C=O) groups is 1. The molecule has 0 aromatic carbocycles. The Morgan fingerprint density at radius 2 is 2.44 bits per heavy atom. The van der Waals surface area contributed by atoms with E-state index in [1.807, 2.05) is 11.4 Å². The maximum Gasteiger partial charge on any atom is 0.166 e. The molecule has 0 aliphatic carbocycles. The number of ketones is 1. The molecule has 1 aromatic rings. The quantitative estimate of drug-likeness (QED) is 0.927. The topological polar surface area (TPSA) is 52.3 Å². The van der Waals surface area contributed by atoms with Crippen LogP contribution in [0.2, 0.25) is 0 Å². The molecule has 3 nitrogen and oxygen atoms in total. The van der Waals surface area contributed by atoms with Gasteiger partial charge in [-0.25, -0.2) is 0 Å². The number of ether oxygens (including phenoxy) is 1. The molecule has 1 saturated heterocycles. The van der Waals surface area contributed by atoms with Gasteiger partial charge in [0.1, 0.15) is 6.10 Å². The highest BCUT2D eigenvalue weighted by Gasteiger charge is 2.29. The van der Waals surface area contributed by atoms with E-state index in [0.717, 1.165) is 22.2 Å².